The first-order valence-electron chi connectivity index (χ1n) is 8.61. The number of rotatable bonds is 4. The second-order valence-corrected chi connectivity index (χ2v) is 7.84. The van der Waals surface area contributed by atoms with Crippen molar-refractivity contribution in [2.45, 2.75) is 26.4 Å². The molecule has 0 aliphatic heterocycles. The molecular formula is C21H20N2O2S. The number of nitrogens with zero attached hydrogens (tertiary/aromatic N) is 2. The van der Waals surface area contributed by atoms with Crippen LogP contribution >= 0.6 is 11.3 Å². The molecule has 0 spiro atoms. The Morgan fingerprint density at radius 3 is 2.65 bits per heavy atom. The van der Waals surface area contributed by atoms with Gasteiger partial charge >= 0.3 is 0 Å². The highest BCUT2D eigenvalue weighted by Gasteiger charge is 2.43. The maximum absolute atomic E-state index is 13.6. The zero-order chi connectivity index (χ0) is 18.1. The normalized spacial score (nSPS) is 18.5. The first-order chi connectivity index (χ1) is 12.6. The van der Waals surface area contributed by atoms with Gasteiger partial charge in [0, 0.05) is 11.6 Å². The second kappa shape index (κ2) is 6.67. The quantitative estimate of drug-likeness (QED) is 0.758. The zero-order valence-corrected chi connectivity index (χ0v) is 15.4. The van der Waals surface area contributed by atoms with Crippen molar-refractivity contribution < 1.29 is 9.90 Å². The van der Waals surface area contributed by atoms with Crippen LogP contribution in [0.3, 0.4) is 0 Å². The minimum Gasteiger partial charge on any atom is -0.392 e. The predicted molar refractivity (Wildman–Crippen MR) is 104 cm³/mol. The van der Waals surface area contributed by atoms with Gasteiger partial charge in [-0.2, -0.15) is 0 Å². The van der Waals surface area contributed by atoms with Crippen LogP contribution in [0.2, 0.25) is 0 Å². The van der Waals surface area contributed by atoms with Crippen molar-refractivity contribution in [2.75, 3.05) is 4.90 Å². The maximum Gasteiger partial charge on any atom is 0.239 e. The summed E-state index contributed by atoms with van der Waals surface area (Å²) in [6, 6.07) is 15.7. The molecule has 2 aromatic carbocycles. The van der Waals surface area contributed by atoms with E-state index < -0.39 is 5.41 Å². The molecule has 1 unspecified atom stereocenters. The minimum atomic E-state index is -0.530. The fourth-order valence-corrected chi connectivity index (χ4v) is 4.32. The molecule has 3 aromatic rings. The van der Waals surface area contributed by atoms with Crippen LogP contribution in [-0.2, 0) is 24.2 Å². The molecule has 0 fully saturated rings. The van der Waals surface area contributed by atoms with Gasteiger partial charge in [0.2, 0.25) is 5.91 Å². The van der Waals surface area contributed by atoms with Crippen molar-refractivity contribution in [3.63, 3.8) is 0 Å². The molecule has 1 amide bonds. The average Bonchev–Trinajstić information content (AvgIpc) is 3.29. The molecule has 26 heavy (non-hydrogen) atoms. The van der Waals surface area contributed by atoms with Crippen LogP contribution in [0.5, 0.6) is 0 Å². The Labute approximate surface area is 156 Å². The Morgan fingerprint density at radius 1 is 1.19 bits per heavy atom. The van der Waals surface area contributed by atoms with Gasteiger partial charge in [0.05, 0.1) is 17.7 Å². The second-order valence-electron chi connectivity index (χ2n) is 6.97. The molecule has 132 valence electrons. The summed E-state index contributed by atoms with van der Waals surface area (Å²) >= 11 is 1.46. The van der Waals surface area contributed by atoms with Gasteiger partial charge in [-0.1, -0.05) is 43.3 Å². The standard InChI is InChI=1S/C21H20N2O2S/c1-21(12-16-8-7-15(14-24)11-17(16)13-21)19(25)23(20-22-9-10-26-20)18-5-3-2-4-6-18/h2-11,24H,12-14H2,1H3. The van der Waals surface area contributed by atoms with Gasteiger partial charge in [-0.3, -0.25) is 9.69 Å². The van der Waals surface area contributed by atoms with Gasteiger partial charge in [-0.05, 0) is 41.7 Å². The first-order valence-corrected chi connectivity index (χ1v) is 9.49. The molecule has 5 heteroatoms. The topological polar surface area (TPSA) is 53.4 Å². The third-order valence-corrected chi connectivity index (χ3v) is 5.72. The minimum absolute atomic E-state index is 0.0210. The molecular weight excluding hydrogens is 344 g/mol. The SMILES string of the molecule is CC1(C(=O)N(c2ccccc2)c2nccs2)Cc2ccc(CO)cc2C1. The number of carbonyl (C=O) groups excluding carboxylic acids is 1. The van der Waals surface area contributed by atoms with E-state index in [4.69, 9.17) is 0 Å². The summed E-state index contributed by atoms with van der Waals surface area (Å²) in [5.41, 5.74) is 3.53. The molecule has 4 nitrogen and oxygen atoms in total. The number of hydrogen-bond acceptors (Lipinski definition) is 4. The van der Waals surface area contributed by atoms with Gasteiger partial charge in [0.15, 0.2) is 5.13 Å². The number of benzene rings is 2. The van der Waals surface area contributed by atoms with E-state index in [9.17, 15) is 9.90 Å². The van der Waals surface area contributed by atoms with Crippen LogP contribution in [-0.4, -0.2) is 16.0 Å². The van der Waals surface area contributed by atoms with E-state index in [1.54, 1.807) is 11.1 Å². The fourth-order valence-electron chi connectivity index (χ4n) is 3.66. The molecule has 1 atom stereocenters. The van der Waals surface area contributed by atoms with E-state index in [1.807, 2.05) is 60.8 Å². The Bertz CT molecular complexity index is 924. The lowest BCUT2D eigenvalue weighted by molar-refractivity contribution is -0.126. The number of anilines is 2. The number of aliphatic hydroxyl groups excluding tert-OH is 1. The molecule has 1 aliphatic rings. The lowest BCUT2D eigenvalue weighted by Gasteiger charge is -2.30. The smallest absolute Gasteiger partial charge is 0.239 e. The van der Waals surface area contributed by atoms with Gasteiger partial charge in [0.1, 0.15) is 0 Å². The molecule has 0 saturated carbocycles. The molecule has 1 aliphatic carbocycles. The van der Waals surface area contributed by atoms with Crippen molar-refractivity contribution in [3.05, 3.63) is 76.8 Å². The van der Waals surface area contributed by atoms with Crippen molar-refractivity contribution >= 4 is 28.1 Å². The monoisotopic (exact) mass is 364 g/mol. The molecule has 1 N–H and O–H groups in total. The summed E-state index contributed by atoms with van der Waals surface area (Å²) in [6.07, 6.45) is 3.09. The van der Waals surface area contributed by atoms with Crippen LogP contribution in [0.1, 0.15) is 23.6 Å². The van der Waals surface area contributed by atoms with Gasteiger partial charge in [0.25, 0.3) is 0 Å². The lowest BCUT2D eigenvalue weighted by Crippen LogP contribution is -2.40. The summed E-state index contributed by atoms with van der Waals surface area (Å²) in [5, 5.41) is 12.0. The van der Waals surface area contributed by atoms with Crippen molar-refractivity contribution in [1.82, 2.24) is 4.98 Å². The van der Waals surface area contributed by atoms with E-state index in [0.29, 0.717) is 18.0 Å². The van der Waals surface area contributed by atoms with Crippen LogP contribution in [0.4, 0.5) is 10.8 Å². The van der Waals surface area contributed by atoms with Crippen molar-refractivity contribution in [3.8, 4) is 0 Å². The number of aromatic nitrogens is 1. The van der Waals surface area contributed by atoms with E-state index in [-0.39, 0.29) is 12.5 Å². The third kappa shape index (κ3) is 2.93. The molecule has 0 saturated heterocycles. The highest BCUT2D eigenvalue weighted by molar-refractivity contribution is 7.13. The number of fused-ring (bicyclic) bond motifs is 1. The van der Waals surface area contributed by atoms with E-state index >= 15 is 0 Å². The Morgan fingerprint density at radius 2 is 1.96 bits per heavy atom. The van der Waals surface area contributed by atoms with E-state index in [1.165, 1.54) is 16.9 Å². The van der Waals surface area contributed by atoms with Crippen LogP contribution < -0.4 is 4.90 Å². The number of para-hydroxylation sites is 1. The highest BCUT2D eigenvalue weighted by atomic mass is 32.1. The first kappa shape index (κ1) is 16.9. The third-order valence-electron chi connectivity index (χ3n) is 4.96. The van der Waals surface area contributed by atoms with Gasteiger partial charge < -0.3 is 5.11 Å². The van der Waals surface area contributed by atoms with Gasteiger partial charge in [-0.15, -0.1) is 11.3 Å². The summed E-state index contributed by atoms with van der Waals surface area (Å²) < 4.78 is 0. The Balaban J connectivity index is 1.70. The molecule has 0 bridgehead atoms. The summed E-state index contributed by atoms with van der Waals surface area (Å²) in [7, 11) is 0. The number of amides is 1. The van der Waals surface area contributed by atoms with Crippen LogP contribution in [0.15, 0.2) is 60.1 Å². The van der Waals surface area contributed by atoms with Crippen molar-refractivity contribution in [2.24, 2.45) is 5.41 Å². The number of aliphatic hydroxyl groups is 1. The highest BCUT2D eigenvalue weighted by Crippen LogP contribution is 2.41. The average molecular weight is 364 g/mol. The molecule has 1 aromatic heterocycles. The summed E-state index contributed by atoms with van der Waals surface area (Å²) in [6.45, 7) is 2.05. The van der Waals surface area contributed by atoms with E-state index in [0.717, 1.165) is 16.8 Å². The van der Waals surface area contributed by atoms with Crippen LogP contribution in [0.25, 0.3) is 0 Å². The molecule has 1 heterocycles. The number of hydrogen-bond donors (Lipinski definition) is 1. The molecule has 0 radical (unpaired) electrons. The zero-order valence-electron chi connectivity index (χ0n) is 14.6. The van der Waals surface area contributed by atoms with E-state index in [2.05, 4.69) is 4.98 Å². The van der Waals surface area contributed by atoms with Crippen molar-refractivity contribution in [1.29, 1.82) is 0 Å². The largest absolute Gasteiger partial charge is 0.392 e. The summed E-state index contributed by atoms with van der Waals surface area (Å²) in [4.78, 5) is 19.8. The lowest BCUT2D eigenvalue weighted by atomic mass is 9.85. The van der Waals surface area contributed by atoms with Crippen LogP contribution in [0, 0.1) is 5.41 Å². The fraction of sp³-hybridized carbons (Fsp3) is 0.238. The number of carbonyl (C=O) groups is 1. The Kier molecular flexibility index (Phi) is 4.34. The predicted octanol–water partition coefficient (Wildman–Crippen LogP) is 4.11. The summed E-state index contributed by atoms with van der Waals surface area (Å²) in [5.74, 6) is 0.0559. The van der Waals surface area contributed by atoms with Gasteiger partial charge in [-0.25, -0.2) is 4.98 Å². The number of thiazole rings is 1. The maximum atomic E-state index is 13.6. The Hall–Kier alpha value is -2.50. The molecule has 4 rings (SSSR count).